The van der Waals surface area contributed by atoms with Crippen molar-refractivity contribution in [2.24, 2.45) is 0 Å². The van der Waals surface area contributed by atoms with E-state index in [0.29, 0.717) is 11.5 Å². The second kappa shape index (κ2) is 8.34. The van der Waals surface area contributed by atoms with Crippen LogP contribution in [-0.4, -0.2) is 49.2 Å². The number of rotatable bonds is 7. The van der Waals surface area contributed by atoms with E-state index in [1.54, 1.807) is 13.1 Å². The summed E-state index contributed by atoms with van der Waals surface area (Å²) in [7, 11) is -2.08. The van der Waals surface area contributed by atoms with Gasteiger partial charge in [0.15, 0.2) is 0 Å². The van der Waals surface area contributed by atoms with Crippen LogP contribution in [0.2, 0.25) is 0 Å². The molecule has 10 heteroatoms. The van der Waals surface area contributed by atoms with Gasteiger partial charge in [-0.05, 0) is 36.9 Å². The molecule has 0 aliphatic rings. The molecule has 0 fully saturated rings. The van der Waals surface area contributed by atoms with E-state index in [2.05, 4.69) is 10.1 Å². The summed E-state index contributed by atoms with van der Waals surface area (Å²) < 4.78 is 31.0. The van der Waals surface area contributed by atoms with Gasteiger partial charge in [-0.3, -0.25) is 9.10 Å². The molecule has 0 N–H and O–H groups in total. The number of thiophene rings is 1. The van der Waals surface area contributed by atoms with Crippen molar-refractivity contribution in [3.05, 3.63) is 52.7 Å². The predicted octanol–water partition coefficient (Wildman–Crippen LogP) is 2.84. The van der Waals surface area contributed by atoms with Gasteiger partial charge in [0.25, 0.3) is 0 Å². The van der Waals surface area contributed by atoms with Crippen LogP contribution in [0.5, 0.6) is 0 Å². The number of carbonyl (C=O) groups is 1. The molecule has 0 saturated carbocycles. The number of likely N-dealkylation sites (N-methyl/N-ethyl adjacent to an activating group) is 1. The van der Waals surface area contributed by atoms with Gasteiger partial charge in [0.05, 0.1) is 23.4 Å². The molecular formula is C19H22N4O4S2. The number of carbonyl (C=O) groups excluding carboxylic acids is 1. The van der Waals surface area contributed by atoms with Crippen LogP contribution < -0.4 is 4.31 Å². The van der Waals surface area contributed by atoms with Gasteiger partial charge in [-0.2, -0.15) is 4.98 Å². The minimum absolute atomic E-state index is 0.0850. The van der Waals surface area contributed by atoms with Crippen LogP contribution in [0.3, 0.4) is 0 Å². The van der Waals surface area contributed by atoms with Gasteiger partial charge in [0, 0.05) is 7.05 Å². The van der Waals surface area contributed by atoms with Crippen LogP contribution in [0, 0.1) is 13.8 Å². The average molecular weight is 435 g/mol. The lowest BCUT2D eigenvalue weighted by Crippen LogP contribution is -2.41. The largest absolute Gasteiger partial charge is 0.337 e. The van der Waals surface area contributed by atoms with Crippen molar-refractivity contribution in [2.75, 3.05) is 24.2 Å². The van der Waals surface area contributed by atoms with E-state index in [-0.39, 0.29) is 24.9 Å². The number of amides is 1. The Bertz CT molecular complexity index is 1110. The Morgan fingerprint density at radius 3 is 2.62 bits per heavy atom. The van der Waals surface area contributed by atoms with Crippen LogP contribution in [0.1, 0.15) is 17.0 Å². The Hall–Kier alpha value is -2.72. The van der Waals surface area contributed by atoms with Crippen molar-refractivity contribution < 1.29 is 17.7 Å². The van der Waals surface area contributed by atoms with Gasteiger partial charge in [0.1, 0.15) is 6.54 Å². The third-order valence-corrected chi connectivity index (χ3v) is 6.30. The molecule has 0 atom stereocenters. The minimum atomic E-state index is -3.64. The van der Waals surface area contributed by atoms with Gasteiger partial charge in [-0.25, -0.2) is 8.42 Å². The highest BCUT2D eigenvalue weighted by atomic mass is 32.2. The van der Waals surface area contributed by atoms with Crippen molar-refractivity contribution in [3.8, 4) is 10.7 Å². The van der Waals surface area contributed by atoms with Crippen molar-refractivity contribution in [1.82, 2.24) is 15.0 Å². The molecule has 0 aliphatic heterocycles. The Labute approximate surface area is 173 Å². The molecule has 0 saturated heterocycles. The molecule has 0 unspecified atom stereocenters. The number of nitrogens with zero attached hydrogens (tertiary/aromatic N) is 4. The van der Waals surface area contributed by atoms with Crippen LogP contribution in [0.4, 0.5) is 5.69 Å². The Kier molecular flexibility index (Phi) is 6.04. The molecule has 154 valence electrons. The van der Waals surface area contributed by atoms with Gasteiger partial charge in [0.2, 0.25) is 27.6 Å². The lowest BCUT2D eigenvalue weighted by Gasteiger charge is -2.26. The van der Waals surface area contributed by atoms with E-state index < -0.39 is 10.0 Å². The Balaban J connectivity index is 1.74. The highest BCUT2D eigenvalue weighted by Gasteiger charge is 2.25. The first kappa shape index (κ1) is 21.0. The zero-order valence-corrected chi connectivity index (χ0v) is 18.2. The van der Waals surface area contributed by atoms with Crippen molar-refractivity contribution in [3.63, 3.8) is 0 Å². The monoisotopic (exact) mass is 434 g/mol. The lowest BCUT2D eigenvalue weighted by molar-refractivity contribution is -0.129. The highest BCUT2D eigenvalue weighted by molar-refractivity contribution is 7.92. The van der Waals surface area contributed by atoms with E-state index in [0.717, 1.165) is 26.6 Å². The number of anilines is 1. The summed E-state index contributed by atoms with van der Waals surface area (Å²) in [5.74, 6) is 0.358. The van der Waals surface area contributed by atoms with E-state index in [9.17, 15) is 13.2 Å². The Morgan fingerprint density at radius 2 is 2.00 bits per heavy atom. The lowest BCUT2D eigenvalue weighted by atomic mass is 10.1. The summed E-state index contributed by atoms with van der Waals surface area (Å²) in [6.45, 7) is 3.52. The molecule has 2 aromatic heterocycles. The second-order valence-corrected chi connectivity index (χ2v) is 9.65. The predicted molar refractivity (Wildman–Crippen MR) is 112 cm³/mol. The molecule has 8 nitrogen and oxygen atoms in total. The fourth-order valence-corrected chi connectivity index (χ4v) is 4.38. The molecule has 0 radical (unpaired) electrons. The SMILES string of the molecule is Cc1ccc(N(CC(=O)N(C)Cc2nc(-c3cccs3)no2)S(C)(=O)=O)c(C)c1. The van der Waals surface area contributed by atoms with E-state index in [4.69, 9.17) is 4.52 Å². The maximum Gasteiger partial charge on any atom is 0.246 e. The summed E-state index contributed by atoms with van der Waals surface area (Å²) in [5, 5.41) is 5.83. The standard InChI is InChI=1S/C19H22N4O4S2/c1-13-7-8-15(14(2)10-13)23(29(4,25)26)12-18(24)22(3)11-17-20-19(21-27-17)16-6-5-9-28-16/h5-10H,11-12H2,1-4H3. The number of sulfonamides is 1. The molecule has 0 bridgehead atoms. The van der Waals surface area contributed by atoms with Gasteiger partial charge >= 0.3 is 0 Å². The third-order valence-electron chi connectivity index (χ3n) is 4.31. The molecule has 2 heterocycles. The maximum atomic E-state index is 12.7. The molecule has 3 rings (SSSR count). The van der Waals surface area contributed by atoms with Crippen LogP contribution in [-0.2, 0) is 21.4 Å². The number of hydrogen-bond donors (Lipinski definition) is 0. The number of hydrogen-bond acceptors (Lipinski definition) is 7. The van der Waals surface area contributed by atoms with Gasteiger partial charge < -0.3 is 9.42 Å². The smallest absolute Gasteiger partial charge is 0.246 e. The first-order valence-corrected chi connectivity index (χ1v) is 11.5. The second-order valence-electron chi connectivity index (χ2n) is 6.80. The third kappa shape index (κ3) is 5.01. The molecule has 29 heavy (non-hydrogen) atoms. The first-order valence-electron chi connectivity index (χ1n) is 8.80. The van der Waals surface area contributed by atoms with Crippen LogP contribution >= 0.6 is 11.3 Å². The van der Waals surface area contributed by atoms with E-state index >= 15 is 0 Å². The summed E-state index contributed by atoms with van der Waals surface area (Å²) >= 11 is 1.49. The zero-order chi connectivity index (χ0) is 21.2. The fraction of sp³-hybridized carbons (Fsp3) is 0.316. The quantitative estimate of drug-likeness (QED) is 0.567. The van der Waals surface area contributed by atoms with Gasteiger partial charge in [-0.1, -0.05) is 28.9 Å². The summed E-state index contributed by atoms with van der Waals surface area (Å²) in [6, 6.07) is 9.18. The summed E-state index contributed by atoms with van der Waals surface area (Å²) in [4.78, 5) is 19.3. The molecule has 0 spiro atoms. The maximum absolute atomic E-state index is 12.7. The average Bonchev–Trinajstić information content (AvgIpc) is 3.30. The molecule has 3 aromatic rings. The van der Waals surface area contributed by atoms with E-state index in [1.165, 1.54) is 16.2 Å². The number of benzene rings is 1. The molecule has 1 aromatic carbocycles. The molecule has 0 aliphatic carbocycles. The van der Waals surface area contributed by atoms with E-state index in [1.807, 2.05) is 43.5 Å². The van der Waals surface area contributed by atoms with Crippen LogP contribution in [0.15, 0.2) is 40.2 Å². The number of aromatic nitrogens is 2. The Morgan fingerprint density at radius 1 is 1.24 bits per heavy atom. The van der Waals surface area contributed by atoms with Gasteiger partial charge in [-0.15, -0.1) is 11.3 Å². The van der Waals surface area contributed by atoms with Crippen molar-refractivity contribution >= 4 is 33.0 Å². The molecule has 1 amide bonds. The normalized spacial score (nSPS) is 11.4. The zero-order valence-electron chi connectivity index (χ0n) is 16.6. The highest BCUT2D eigenvalue weighted by Crippen LogP contribution is 2.24. The fourth-order valence-electron chi connectivity index (χ4n) is 2.83. The summed E-state index contributed by atoms with van der Waals surface area (Å²) in [5.41, 5.74) is 2.28. The molecular weight excluding hydrogens is 412 g/mol. The van der Waals surface area contributed by atoms with Crippen molar-refractivity contribution in [2.45, 2.75) is 20.4 Å². The topological polar surface area (TPSA) is 96.6 Å². The first-order chi connectivity index (χ1) is 13.6. The summed E-state index contributed by atoms with van der Waals surface area (Å²) in [6.07, 6.45) is 1.09. The number of aryl methyl sites for hydroxylation is 2. The van der Waals surface area contributed by atoms with Crippen LogP contribution in [0.25, 0.3) is 10.7 Å². The minimum Gasteiger partial charge on any atom is -0.337 e. The van der Waals surface area contributed by atoms with Crippen molar-refractivity contribution in [1.29, 1.82) is 0 Å².